The van der Waals surface area contributed by atoms with Crippen molar-refractivity contribution in [2.24, 2.45) is 0 Å². The van der Waals surface area contributed by atoms with E-state index in [2.05, 4.69) is 4.74 Å². The third-order valence-corrected chi connectivity index (χ3v) is 1.74. The van der Waals surface area contributed by atoms with Crippen LogP contribution in [0, 0.1) is 0 Å². The van der Waals surface area contributed by atoms with Crippen molar-refractivity contribution in [2.75, 3.05) is 12.4 Å². The molecule has 0 fully saturated rings. The molecule has 6 heteroatoms. The summed E-state index contributed by atoms with van der Waals surface area (Å²) in [6.07, 6.45) is -4.39. The third kappa shape index (κ3) is 2.39. The zero-order chi connectivity index (χ0) is 11.5. The number of anilines is 1. The molecule has 0 bridgehead atoms. The fourth-order valence-corrected chi connectivity index (χ4v) is 1.18. The Morgan fingerprint density at radius 2 is 2.07 bits per heavy atom. The summed E-state index contributed by atoms with van der Waals surface area (Å²) in [5.41, 5.74) is -1.31. The van der Waals surface area contributed by atoms with Crippen molar-refractivity contribution in [2.45, 2.75) is 6.18 Å². The van der Waals surface area contributed by atoms with E-state index < -0.39 is 11.7 Å². The maximum Gasteiger partial charge on any atom is 0.421 e. The highest BCUT2D eigenvalue weighted by molar-refractivity contribution is 5.75. The number of halogens is 3. The van der Waals surface area contributed by atoms with Crippen molar-refractivity contribution >= 4 is 12.1 Å². The van der Waals surface area contributed by atoms with E-state index in [1.165, 1.54) is 12.1 Å². The minimum absolute atomic E-state index is 0.185. The molecule has 0 aromatic heterocycles. The summed E-state index contributed by atoms with van der Waals surface area (Å²) in [7, 11) is 1.13. The van der Waals surface area contributed by atoms with Crippen LogP contribution in [-0.2, 0) is 11.0 Å². The lowest BCUT2D eigenvalue weighted by atomic mass is 10.1. The van der Waals surface area contributed by atoms with Gasteiger partial charge in [-0.3, -0.25) is 4.79 Å². The van der Waals surface area contributed by atoms with Crippen LogP contribution in [0.4, 0.5) is 18.9 Å². The predicted octanol–water partition coefficient (Wildman–Crippen LogP) is 2.28. The Bertz CT molecular complexity index is 363. The first-order chi connectivity index (χ1) is 7.00. The first kappa shape index (κ1) is 11.4. The number of nitrogens with one attached hydrogen (secondary N) is 1. The number of methoxy groups -OCH3 is 1. The van der Waals surface area contributed by atoms with Gasteiger partial charge in [-0.1, -0.05) is 6.07 Å². The molecule has 0 atom stereocenters. The zero-order valence-electron chi connectivity index (χ0n) is 7.76. The number of alkyl halides is 3. The molecule has 3 nitrogen and oxygen atoms in total. The number of hydrogen-bond donors (Lipinski definition) is 1. The molecule has 1 aromatic carbocycles. The highest BCUT2D eigenvalue weighted by Crippen LogP contribution is 2.40. The van der Waals surface area contributed by atoms with Gasteiger partial charge < -0.3 is 10.1 Å². The number of benzene rings is 1. The summed E-state index contributed by atoms with van der Waals surface area (Å²) >= 11 is 0. The van der Waals surface area contributed by atoms with Gasteiger partial charge in [-0.2, -0.15) is 13.2 Å². The van der Waals surface area contributed by atoms with Gasteiger partial charge in [0.15, 0.2) is 0 Å². The fraction of sp³-hybridized carbons (Fsp3) is 0.222. The molecule has 82 valence electrons. The van der Waals surface area contributed by atoms with Gasteiger partial charge in [-0.15, -0.1) is 0 Å². The summed E-state index contributed by atoms with van der Waals surface area (Å²) < 4.78 is 42.3. The Labute approximate surface area is 83.8 Å². The smallest absolute Gasteiger partial charge is 0.421 e. The maximum atomic E-state index is 12.6. The maximum absolute atomic E-state index is 12.6. The Morgan fingerprint density at radius 3 is 2.53 bits per heavy atom. The van der Waals surface area contributed by atoms with Gasteiger partial charge in [-0.25, -0.2) is 0 Å². The second kappa shape index (κ2) is 4.20. The van der Waals surface area contributed by atoms with Gasteiger partial charge in [0.25, 0.3) is 0 Å². The molecule has 15 heavy (non-hydrogen) atoms. The van der Waals surface area contributed by atoms with Crippen LogP contribution < -0.4 is 10.1 Å². The molecule has 0 aliphatic heterocycles. The number of ether oxygens (including phenoxy) is 1. The quantitative estimate of drug-likeness (QED) is 0.792. The lowest BCUT2D eigenvalue weighted by Crippen LogP contribution is -2.11. The number of hydrogen-bond acceptors (Lipinski definition) is 2. The van der Waals surface area contributed by atoms with E-state index in [1.54, 1.807) is 0 Å². The fourth-order valence-electron chi connectivity index (χ4n) is 1.18. The topological polar surface area (TPSA) is 38.3 Å². The summed E-state index contributed by atoms with van der Waals surface area (Å²) in [6, 6.07) is 3.69. The minimum Gasteiger partial charge on any atom is -0.496 e. The highest BCUT2D eigenvalue weighted by atomic mass is 19.4. The molecule has 0 heterocycles. The van der Waals surface area contributed by atoms with Crippen molar-refractivity contribution in [3.63, 3.8) is 0 Å². The number of amides is 1. The van der Waals surface area contributed by atoms with E-state index in [0.29, 0.717) is 0 Å². The van der Waals surface area contributed by atoms with Crippen molar-refractivity contribution in [3.8, 4) is 5.75 Å². The molecule has 0 saturated heterocycles. The van der Waals surface area contributed by atoms with Gasteiger partial charge in [-0.05, 0) is 12.1 Å². The van der Waals surface area contributed by atoms with E-state index >= 15 is 0 Å². The zero-order valence-corrected chi connectivity index (χ0v) is 7.76. The van der Waals surface area contributed by atoms with Gasteiger partial charge in [0.05, 0.1) is 12.8 Å². The Morgan fingerprint density at radius 1 is 1.40 bits per heavy atom. The van der Waals surface area contributed by atoms with Crippen molar-refractivity contribution < 1.29 is 22.7 Å². The van der Waals surface area contributed by atoms with Crippen LogP contribution in [0.25, 0.3) is 0 Å². The minimum atomic E-state index is -4.57. The molecular formula is C9H8F3NO2. The standard InChI is InChI=1S/C9H8F3NO2/c1-15-7-4-2-3-6(13-5-14)8(7)9(10,11)12/h2-5H,1H3,(H,13,14). The number of carbonyl (C=O) groups is 1. The van der Waals surface area contributed by atoms with Gasteiger partial charge >= 0.3 is 6.18 Å². The Kier molecular flexibility index (Phi) is 3.18. The van der Waals surface area contributed by atoms with E-state index in [-0.39, 0.29) is 17.8 Å². The molecule has 0 unspecified atom stereocenters. The summed E-state index contributed by atoms with van der Waals surface area (Å²) in [4.78, 5) is 10.1. The monoisotopic (exact) mass is 219 g/mol. The molecule has 1 aromatic rings. The molecule has 0 saturated carbocycles. The normalized spacial score (nSPS) is 10.9. The van der Waals surface area contributed by atoms with Crippen molar-refractivity contribution in [1.82, 2.24) is 0 Å². The van der Waals surface area contributed by atoms with Crippen LogP contribution in [0.3, 0.4) is 0 Å². The van der Waals surface area contributed by atoms with E-state index in [0.717, 1.165) is 13.2 Å². The van der Waals surface area contributed by atoms with Crippen molar-refractivity contribution in [1.29, 1.82) is 0 Å². The predicted molar refractivity (Wildman–Crippen MR) is 47.7 cm³/mol. The molecule has 0 spiro atoms. The highest BCUT2D eigenvalue weighted by Gasteiger charge is 2.37. The lowest BCUT2D eigenvalue weighted by Gasteiger charge is -2.15. The lowest BCUT2D eigenvalue weighted by molar-refractivity contribution is -0.138. The largest absolute Gasteiger partial charge is 0.496 e. The summed E-state index contributed by atoms with van der Waals surface area (Å²) in [5, 5.41) is 1.98. The molecule has 0 radical (unpaired) electrons. The molecule has 1 rings (SSSR count). The molecule has 1 N–H and O–H groups in total. The van der Waals surface area contributed by atoms with Crippen LogP contribution in [0.1, 0.15) is 5.56 Å². The van der Waals surface area contributed by atoms with Crippen molar-refractivity contribution in [3.05, 3.63) is 23.8 Å². The van der Waals surface area contributed by atoms with E-state index in [1.807, 2.05) is 5.32 Å². The van der Waals surface area contributed by atoms with Crippen LogP contribution >= 0.6 is 0 Å². The average Bonchev–Trinajstić information content (AvgIpc) is 2.16. The molecule has 0 aliphatic carbocycles. The Hall–Kier alpha value is -1.72. The van der Waals surface area contributed by atoms with E-state index in [9.17, 15) is 18.0 Å². The average molecular weight is 219 g/mol. The first-order valence-corrected chi connectivity index (χ1v) is 3.95. The van der Waals surface area contributed by atoms with Crippen LogP contribution in [-0.4, -0.2) is 13.5 Å². The second-order valence-corrected chi connectivity index (χ2v) is 2.64. The van der Waals surface area contributed by atoms with Crippen LogP contribution in [0.2, 0.25) is 0 Å². The molecule has 1 amide bonds. The SMILES string of the molecule is COc1cccc(NC=O)c1C(F)(F)F. The summed E-state index contributed by atoms with van der Waals surface area (Å²) in [5.74, 6) is -0.325. The van der Waals surface area contributed by atoms with Crippen LogP contribution in [0.15, 0.2) is 18.2 Å². The van der Waals surface area contributed by atoms with E-state index in [4.69, 9.17) is 0 Å². The van der Waals surface area contributed by atoms with Gasteiger partial charge in [0, 0.05) is 0 Å². The summed E-state index contributed by atoms with van der Waals surface area (Å²) in [6.45, 7) is 0. The van der Waals surface area contributed by atoms with Gasteiger partial charge in [0.2, 0.25) is 6.41 Å². The van der Waals surface area contributed by atoms with Crippen LogP contribution in [0.5, 0.6) is 5.75 Å². The first-order valence-electron chi connectivity index (χ1n) is 3.95. The third-order valence-electron chi connectivity index (χ3n) is 1.74. The number of carbonyl (C=O) groups excluding carboxylic acids is 1. The molecular weight excluding hydrogens is 211 g/mol. The second-order valence-electron chi connectivity index (χ2n) is 2.64. The number of rotatable bonds is 3. The Balaban J connectivity index is 3.33. The molecule has 0 aliphatic rings. The van der Waals surface area contributed by atoms with Gasteiger partial charge in [0.1, 0.15) is 11.3 Å².